The molecular formula is C16H18N4O. The normalized spacial score (nSPS) is 17.6. The van der Waals surface area contributed by atoms with Crippen molar-refractivity contribution in [3.8, 4) is 5.82 Å². The lowest BCUT2D eigenvalue weighted by atomic mass is 9.93. The lowest BCUT2D eigenvalue weighted by Gasteiger charge is -2.17. The third kappa shape index (κ3) is 3.18. The van der Waals surface area contributed by atoms with E-state index in [9.17, 15) is 4.79 Å². The van der Waals surface area contributed by atoms with Crippen molar-refractivity contribution in [2.45, 2.75) is 25.8 Å². The van der Waals surface area contributed by atoms with Crippen LogP contribution < -0.4 is 5.32 Å². The smallest absolute Gasteiger partial charge is 0.223 e. The minimum Gasteiger partial charge on any atom is -0.352 e. The van der Waals surface area contributed by atoms with Crippen LogP contribution in [0.4, 0.5) is 0 Å². The zero-order chi connectivity index (χ0) is 14.5. The Morgan fingerprint density at radius 2 is 2.33 bits per heavy atom. The van der Waals surface area contributed by atoms with E-state index in [0.29, 0.717) is 6.54 Å². The zero-order valence-corrected chi connectivity index (χ0v) is 11.8. The Hall–Kier alpha value is -2.43. The Morgan fingerprint density at radius 1 is 1.38 bits per heavy atom. The second-order valence-corrected chi connectivity index (χ2v) is 5.16. The molecule has 0 fully saturated rings. The molecule has 0 aromatic carbocycles. The molecule has 2 aromatic heterocycles. The number of nitrogens with zero attached hydrogens (tertiary/aromatic N) is 3. The van der Waals surface area contributed by atoms with Gasteiger partial charge in [0.2, 0.25) is 5.91 Å². The van der Waals surface area contributed by atoms with Crippen LogP contribution in [0.2, 0.25) is 0 Å². The Labute approximate surface area is 123 Å². The van der Waals surface area contributed by atoms with E-state index in [4.69, 9.17) is 0 Å². The first-order valence-corrected chi connectivity index (χ1v) is 7.19. The minimum atomic E-state index is 0.100. The van der Waals surface area contributed by atoms with Gasteiger partial charge in [-0.3, -0.25) is 9.36 Å². The molecule has 0 aliphatic heterocycles. The van der Waals surface area contributed by atoms with E-state index in [0.717, 1.165) is 30.6 Å². The molecule has 0 spiro atoms. The molecule has 0 saturated heterocycles. The van der Waals surface area contributed by atoms with Crippen LogP contribution in [-0.4, -0.2) is 20.4 Å². The lowest BCUT2D eigenvalue weighted by Crippen LogP contribution is -2.31. The summed E-state index contributed by atoms with van der Waals surface area (Å²) in [6, 6.07) is 3.86. The predicted molar refractivity (Wildman–Crippen MR) is 79.7 cm³/mol. The molecular weight excluding hydrogens is 264 g/mol. The van der Waals surface area contributed by atoms with Gasteiger partial charge in [0, 0.05) is 36.6 Å². The van der Waals surface area contributed by atoms with Gasteiger partial charge in [-0.05, 0) is 25.3 Å². The van der Waals surface area contributed by atoms with Crippen molar-refractivity contribution in [3.63, 3.8) is 0 Å². The number of aromatic nitrogens is 3. The fraction of sp³-hybridized carbons (Fsp3) is 0.312. The number of allylic oxidation sites excluding steroid dienone is 2. The van der Waals surface area contributed by atoms with Gasteiger partial charge in [-0.25, -0.2) is 9.97 Å². The summed E-state index contributed by atoms with van der Waals surface area (Å²) in [5, 5.41) is 3.02. The number of imidazole rings is 1. The molecule has 1 aliphatic rings. The molecule has 21 heavy (non-hydrogen) atoms. The summed E-state index contributed by atoms with van der Waals surface area (Å²) < 4.78 is 1.85. The zero-order valence-electron chi connectivity index (χ0n) is 11.8. The van der Waals surface area contributed by atoms with Crippen molar-refractivity contribution in [2.24, 2.45) is 5.92 Å². The van der Waals surface area contributed by atoms with Gasteiger partial charge in [0.1, 0.15) is 12.1 Å². The number of hydrogen-bond acceptors (Lipinski definition) is 3. The van der Waals surface area contributed by atoms with Crippen LogP contribution >= 0.6 is 0 Å². The number of nitrogens with one attached hydrogen (secondary N) is 1. The summed E-state index contributed by atoms with van der Waals surface area (Å²) in [5.74, 6) is 1.03. The fourth-order valence-corrected chi connectivity index (χ4v) is 2.54. The monoisotopic (exact) mass is 282 g/mol. The Bertz CT molecular complexity index is 633. The average Bonchev–Trinajstić information content (AvgIpc) is 3.08. The molecule has 2 heterocycles. The largest absolute Gasteiger partial charge is 0.352 e. The van der Waals surface area contributed by atoms with Crippen LogP contribution in [0, 0.1) is 5.92 Å². The standard InChI is InChI=1S/C16H18N4O/c21-16(13-5-2-1-3-6-13)19-11-14-7-4-8-18-15(14)20-10-9-17-12-20/h1-2,4,7-10,12-13H,3,5-6,11H2,(H,19,21)/t13-/m1/s1. The number of rotatable bonds is 4. The summed E-state index contributed by atoms with van der Waals surface area (Å²) in [5.41, 5.74) is 0.982. The summed E-state index contributed by atoms with van der Waals surface area (Å²) >= 11 is 0. The Morgan fingerprint density at radius 3 is 3.10 bits per heavy atom. The molecule has 1 N–H and O–H groups in total. The Kier molecular flexibility index (Phi) is 4.09. The van der Waals surface area contributed by atoms with E-state index < -0.39 is 0 Å². The van der Waals surface area contributed by atoms with Crippen LogP contribution in [0.3, 0.4) is 0 Å². The molecule has 0 bridgehead atoms. The third-order valence-corrected chi connectivity index (χ3v) is 3.71. The van der Waals surface area contributed by atoms with Crippen LogP contribution in [0.25, 0.3) is 5.82 Å². The van der Waals surface area contributed by atoms with Gasteiger partial charge in [0.15, 0.2) is 0 Å². The fourth-order valence-electron chi connectivity index (χ4n) is 2.54. The van der Waals surface area contributed by atoms with Crippen molar-refractivity contribution in [1.29, 1.82) is 0 Å². The molecule has 0 saturated carbocycles. The van der Waals surface area contributed by atoms with Crippen molar-refractivity contribution < 1.29 is 4.79 Å². The van der Waals surface area contributed by atoms with Gasteiger partial charge in [-0.1, -0.05) is 18.2 Å². The molecule has 1 atom stereocenters. The predicted octanol–water partition coefficient (Wildman–Crippen LogP) is 2.24. The van der Waals surface area contributed by atoms with Crippen LogP contribution in [0.5, 0.6) is 0 Å². The highest BCUT2D eigenvalue weighted by molar-refractivity contribution is 5.79. The van der Waals surface area contributed by atoms with Crippen LogP contribution in [0.15, 0.2) is 49.2 Å². The third-order valence-electron chi connectivity index (χ3n) is 3.71. The molecule has 5 heteroatoms. The van der Waals surface area contributed by atoms with Gasteiger partial charge < -0.3 is 5.32 Å². The van der Waals surface area contributed by atoms with Gasteiger partial charge in [-0.2, -0.15) is 0 Å². The van der Waals surface area contributed by atoms with E-state index in [1.807, 2.05) is 22.9 Å². The molecule has 3 rings (SSSR count). The highest BCUT2D eigenvalue weighted by atomic mass is 16.1. The Balaban J connectivity index is 1.68. The maximum absolute atomic E-state index is 12.2. The maximum atomic E-state index is 12.2. The van der Waals surface area contributed by atoms with Gasteiger partial charge in [-0.15, -0.1) is 0 Å². The van der Waals surface area contributed by atoms with E-state index in [-0.39, 0.29) is 11.8 Å². The van der Waals surface area contributed by atoms with E-state index in [1.54, 1.807) is 18.7 Å². The van der Waals surface area contributed by atoms with E-state index in [1.165, 1.54) is 0 Å². The summed E-state index contributed by atoms with van der Waals surface area (Å²) in [6.45, 7) is 0.487. The highest BCUT2D eigenvalue weighted by Gasteiger charge is 2.18. The number of hydrogen-bond donors (Lipinski definition) is 1. The molecule has 0 radical (unpaired) electrons. The topological polar surface area (TPSA) is 59.8 Å². The van der Waals surface area contributed by atoms with Crippen LogP contribution in [-0.2, 0) is 11.3 Å². The van der Waals surface area contributed by atoms with Crippen molar-refractivity contribution >= 4 is 5.91 Å². The SMILES string of the molecule is O=C(NCc1cccnc1-n1ccnc1)[C@@H]1CC=CCC1. The first-order chi connectivity index (χ1) is 10.3. The number of carbonyl (C=O) groups excluding carboxylic acids is 1. The molecule has 0 unspecified atom stereocenters. The number of carbonyl (C=O) groups is 1. The molecule has 2 aromatic rings. The van der Waals surface area contributed by atoms with Crippen LogP contribution in [0.1, 0.15) is 24.8 Å². The summed E-state index contributed by atoms with van der Waals surface area (Å²) in [7, 11) is 0. The quantitative estimate of drug-likeness (QED) is 0.875. The highest BCUT2D eigenvalue weighted by Crippen LogP contribution is 2.18. The number of amides is 1. The molecule has 108 valence electrons. The van der Waals surface area contributed by atoms with Crippen molar-refractivity contribution in [3.05, 3.63) is 54.8 Å². The minimum absolute atomic E-state index is 0.100. The van der Waals surface area contributed by atoms with Gasteiger partial charge in [0.25, 0.3) is 0 Å². The number of pyridine rings is 1. The molecule has 1 aliphatic carbocycles. The average molecular weight is 282 g/mol. The van der Waals surface area contributed by atoms with E-state index in [2.05, 4.69) is 27.4 Å². The second kappa shape index (κ2) is 6.35. The summed E-state index contributed by atoms with van der Waals surface area (Å²) in [4.78, 5) is 20.6. The van der Waals surface area contributed by atoms with E-state index >= 15 is 0 Å². The molecule has 5 nitrogen and oxygen atoms in total. The van der Waals surface area contributed by atoms with Gasteiger partial charge in [0.05, 0.1) is 0 Å². The van der Waals surface area contributed by atoms with Crippen molar-refractivity contribution in [2.75, 3.05) is 0 Å². The lowest BCUT2D eigenvalue weighted by molar-refractivity contribution is -0.125. The molecule has 1 amide bonds. The van der Waals surface area contributed by atoms with Crippen molar-refractivity contribution in [1.82, 2.24) is 19.9 Å². The first-order valence-electron chi connectivity index (χ1n) is 7.19. The van der Waals surface area contributed by atoms with Gasteiger partial charge >= 0.3 is 0 Å². The first kappa shape index (κ1) is 13.5. The second-order valence-electron chi connectivity index (χ2n) is 5.16. The summed E-state index contributed by atoms with van der Waals surface area (Å²) in [6.07, 6.45) is 14.0. The maximum Gasteiger partial charge on any atom is 0.223 e.